The Balaban J connectivity index is 1.82. The lowest BCUT2D eigenvalue weighted by molar-refractivity contribution is -0.151. The fourth-order valence-corrected chi connectivity index (χ4v) is 2.78. The Kier molecular flexibility index (Phi) is 6.38. The number of ether oxygens (including phenoxy) is 2. The number of piperidine rings is 1. The van der Waals surface area contributed by atoms with E-state index in [2.05, 4.69) is 0 Å². The van der Waals surface area contributed by atoms with Gasteiger partial charge in [-0.15, -0.1) is 0 Å². The average Bonchev–Trinajstić information content (AvgIpc) is 2.62. The monoisotopic (exact) mass is 348 g/mol. The fourth-order valence-electron chi connectivity index (χ4n) is 2.78. The van der Waals surface area contributed by atoms with Crippen LogP contribution in [0.2, 0.25) is 0 Å². The molecule has 0 unspecified atom stereocenters. The van der Waals surface area contributed by atoms with E-state index in [9.17, 15) is 14.4 Å². The van der Waals surface area contributed by atoms with Crippen LogP contribution in [0.25, 0.3) is 0 Å². The third-order valence-corrected chi connectivity index (χ3v) is 4.34. The zero-order valence-electron chi connectivity index (χ0n) is 14.6. The molecule has 0 aromatic heterocycles. The number of benzene rings is 1. The standard InChI is InChI=1S/C18H24N2O5/c1-3-24-17(22)13-7-9-20(10-8-13)15(21)11-25-18(23)14-6-4-5-12(2)16(14)19/h4-6,13H,3,7-11,19H2,1-2H3. The highest BCUT2D eigenvalue weighted by atomic mass is 16.5. The Morgan fingerprint density at radius 2 is 1.88 bits per heavy atom. The molecule has 136 valence electrons. The molecule has 0 radical (unpaired) electrons. The molecule has 0 spiro atoms. The lowest BCUT2D eigenvalue weighted by atomic mass is 9.97. The Morgan fingerprint density at radius 3 is 2.52 bits per heavy atom. The van der Waals surface area contributed by atoms with Crippen LogP contribution in [0.3, 0.4) is 0 Å². The first-order valence-corrected chi connectivity index (χ1v) is 8.40. The number of aryl methyl sites for hydroxylation is 1. The smallest absolute Gasteiger partial charge is 0.340 e. The second kappa shape index (κ2) is 8.50. The molecule has 2 N–H and O–H groups in total. The highest BCUT2D eigenvalue weighted by Gasteiger charge is 2.28. The number of amides is 1. The number of esters is 2. The molecule has 1 aliphatic heterocycles. The van der Waals surface area contributed by atoms with Gasteiger partial charge >= 0.3 is 11.9 Å². The van der Waals surface area contributed by atoms with Crippen molar-refractivity contribution in [3.63, 3.8) is 0 Å². The molecule has 25 heavy (non-hydrogen) atoms. The summed E-state index contributed by atoms with van der Waals surface area (Å²) in [5, 5.41) is 0. The van der Waals surface area contributed by atoms with Crippen molar-refractivity contribution in [1.29, 1.82) is 0 Å². The Labute approximate surface area is 147 Å². The van der Waals surface area contributed by atoms with E-state index in [0.29, 0.717) is 38.2 Å². The molecule has 1 aliphatic rings. The van der Waals surface area contributed by atoms with Crippen LogP contribution < -0.4 is 5.73 Å². The van der Waals surface area contributed by atoms with Crippen molar-refractivity contribution in [2.75, 3.05) is 32.0 Å². The van der Waals surface area contributed by atoms with Crippen LogP contribution in [-0.2, 0) is 19.1 Å². The number of hydrogen-bond acceptors (Lipinski definition) is 6. The summed E-state index contributed by atoms with van der Waals surface area (Å²) < 4.78 is 10.1. The maximum Gasteiger partial charge on any atom is 0.340 e. The minimum atomic E-state index is -0.615. The van der Waals surface area contributed by atoms with E-state index in [1.54, 1.807) is 36.9 Å². The maximum atomic E-state index is 12.2. The normalized spacial score (nSPS) is 14.9. The van der Waals surface area contributed by atoms with Crippen molar-refractivity contribution in [2.45, 2.75) is 26.7 Å². The van der Waals surface area contributed by atoms with Gasteiger partial charge in [-0.3, -0.25) is 9.59 Å². The number of carbonyl (C=O) groups is 3. The van der Waals surface area contributed by atoms with Gasteiger partial charge in [-0.25, -0.2) is 4.79 Å². The number of likely N-dealkylation sites (tertiary alicyclic amines) is 1. The third-order valence-electron chi connectivity index (χ3n) is 4.34. The molecular weight excluding hydrogens is 324 g/mol. The summed E-state index contributed by atoms with van der Waals surface area (Å²) in [7, 11) is 0. The summed E-state index contributed by atoms with van der Waals surface area (Å²) >= 11 is 0. The second-order valence-electron chi connectivity index (χ2n) is 6.02. The number of rotatable bonds is 5. The number of para-hydroxylation sites is 1. The van der Waals surface area contributed by atoms with Gasteiger partial charge in [-0.1, -0.05) is 12.1 Å². The highest BCUT2D eigenvalue weighted by Crippen LogP contribution is 2.20. The first kappa shape index (κ1) is 18.8. The van der Waals surface area contributed by atoms with Crippen molar-refractivity contribution in [3.05, 3.63) is 29.3 Å². The van der Waals surface area contributed by atoms with Crippen molar-refractivity contribution in [2.24, 2.45) is 5.92 Å². The van der Waals surface area contributed by atoms with Gasteiger partial charge in [-0.05, 0) is 38.3 Å². The molecule has 1 aromatic rings. The van der Waals surface area contributed by atoms with Gasteiger partial charge in [0, 0.05) is 18.8 Å². The summed E-state index contributed by atoms with van der Waals surface area (Å²) in [6, 6.07) is 5.08. The Hall–Kier alpha value is -2.57. The van der Waals surface area contributed by atoms with Crippen LogP contribution in [0.15, 0.2) is 18.2 Å². The van der Waals surface area contributed by atoms with E-state index in [4.69, 9.17) is 15.2 Å². The van der Waals surface area contributed by atoms with Gasteiger partial charge in [0.15, 0.2) is 6.61 Å². The van der Waals surface area contributed by atoms with Crippen molar-refractivity contribution in [3.8, 4) is 0 Å². The number of nitrogens with zero attached hydrogens (tertiary/aromatic N) is 1. The SMILES string of the molecule is CCOC(=O)C1CCN(C(=O)COC(=O)c2cccc(C)c2N)CC1. The molecular formula is C18H24N2O5. The van der Waals surface area contributed by atoms with Crippen LogP contribution in [0.1, 0.15) is 35.7 Å². The van der Waals surface area contributed by atoms with E-state index < -0.39 is 5.97 Å². The van der Waals surface area contributed by atoms with Gasteiger partial charge in [0.1, 0.15) is 0 Å². The summed E-state index contributed by atoms with van der Waals surface area (Å²) in [4.78, 5) is 37.6. The van der Waals surface area contributed by atoms with Crippen LogP contribution >= 0.6 is 0 Å². The van der Waals surface area contributed by atoms with Gasteiger partial charge < -0.3 is 20.1 Å². The summed E-state index contributed by atoms with van der Waals surface area (Å²) in [5.74, 6) is -1.27. The van der Waals surface area contributed by atoms with Crippen LogP contribution in [-0.4, -0.2) is 49.0 Å². The topological polar surface area (TPSA) is 98.9 Å². The summed E-state index contributed by atoms with van der Waals surface area (Å²) in [6.45, 7) is 4.49. The second-order valence-corrected chi connectivity index (χ2v) is 6.02. The first-order chi connectivity index (χ1) is 11.9. The number of hydrogen-bond donors (Lipinski definition) is 1. The quantitative estimate of drug-likeness (QED) is 0.640. The molecule has 1 heterocycles. The van der Waals surface area contributed by atoms with E-state index in [1.165, 1.54) is 0 Å². The van der Waals surface area contributed by atoms with Crippen LogP contribution in [0, 0.1) is 12.8 Å². The number of carbonyl (C=O) groups excluding carboxylic acids is 3. The van der Waals surface area contributed by atoms with Gasteiger partial charge in [0.25, 0.3) is 5.91 Å². The lowest BCUT2D eigenvalue weighted by Gasteiger charge is -2.30. The number of nitrogen functional groups attached to an aromatic ring is 1. The van der Waals surface area contributed by atoms with Crippen molar-refractivity contribution >= 4 is 23.5 Å². The van der Waals surface area contributed by atoms with Gasteiger partial charge in [0.05, 0.1) is 18.1 Å². The predicted molar refractivity (Wildman–Crippen MR) is 91.8 cm³/mol. The first-order valence-electron chi connectivity index (χ1n) is 8.40. The lowest BCUT2D eigenvalue weighted by Crippen LogP contribution is -2.42. The minimum absolute atomic E-state index is 0.168. The molecule has 7 nitrogen and oxygen atoms in total. The maximum absolute atomic E-state index is 12.2. The summed E-state index contributed by atoms with van der Waals surface area (Å²) in [6.07, 6.45) is 1.12. The highest BCUT2D eigenvalue weighted by molar-refractivity contribution is 5.96. The molecule has 2 rings (SSSR count). The number of nitrogens with two attached hydrogens (primary N) is 1. The van der Waals surface area contributed by atoms with Crippen molar-refractivity contribution in [1.82, 2.24) is 4.90 Å². The van der Waals surface area contributed by atoms with Crippen molar-refractivity contribution < 1.29 is 23.9 Å². The van der Waals surface area contributed by atoms with Crippen LogP contribution in [0.5, 0.6) is 0 Å². The molecule has 0 aliphatic carbocycles. The van der Waals surface area contributed by atoms with E-state index >= 15 is 0 Å². The summed E-state index contributed by atoms with van der Waals surface area (Å²) in [5.41, 5.74) is 7.26. The third kappa shape index (κ3) is 4.71. The van der Waals surface area contributed by atoms with Gasteiger partial charge in [-0.2, -0.15) is 0 Å². The minimum Gasteiger partial charge on any atom is -0.466 e. The molecule has 1 saturated heterocycles. The Morgan fingerprint density at radius 1 is 1.20 bits per heavy atom. The van der Waals surface area contributed by atoms with Gasteiger partial charge in [0.2, 0.25) is 0 Å². The molecule has 7 heteroatoms. The molecule has 0 bridgehead atoms. The molecule has 1 amide bonds. The Bertz CT molecular complexity index is 651. The zero-order valence-corrected chi connectivity index (χ0v) is 14.6. The van der Waals surface area contributed by atoms with Crippen LogP contribution in [0.4, 0.5) is 5.69 Å². The van der Waals surface area contributed by atoms with E-state index in [-0.39, 0.29) is 30.0 Å². The predicted octanol–water partition coefficient (Wildman–Crippen LogP) is 1.54. The average molecular weight is 348 g/mol. The fraction of sp³-hybridized carbons (Fsp3) is 0.500. The largest absolute Gasteiger partial charge is 0.466 e. The molecule has 1 aromatic carbocycles. The molecule has 0 atom stereocenters. The van der Waals surface area contributed by atoms with E-state index in [0.717, 1.165) is 5.56 Å². The molecule has 0 saturated carbocycles. The zero-order chi connectivity index (χ0) is 18.4. The van der Waals surface area contributed by atoms with E-state index in [1.807, 2.05) is 0 Å². The number of anilines is 1. The molecule has 1 fully saturated rings.